The highest BCUT2D eigenvalue weighted by atomic mass is 15.1. The van der Waals surface area contributed by atoms with Crippen LogP contribution in [0.5, 0.6) is 0 Å². The fourth-order valence-electron chi connectivity index (χ4n) is 7.19. The zero-order chi connectivity index (χ0) is 29.7. The van der Waals surface area contributed by atoms with Crippen LogP contribution in [0.25, 0.3) is 77.7 Å². The van der Waals surface area contributed by atoms with Gasteiger partial charge in [0, 0.05) is 11.3 Å². The molecule has 1 heterocycles. The van der Waals surface area contributed by atoms with Gasteiger partial charge in [-0.1, -0.05) is 133 Å². The quantitative estimate of drug-likeness (QED) is 0.191. The topological polar surface area (TPSA) is 17.8 Å². The minimum atomic E-state index is 0.985. The molecule has 1 aliphatic carbocycles. The molecule has 2 heteroatoms. The predicted octanol–water partition coefficient (Wildman–Crippen LogP) is 11.3. The minimum absolute atomic E-state index is 0.985. The molecule has 45 heavy (non-hydrogen) atoms. The largest absolute Gasteiger partial charge is 0.296 e. The summed E-state index contributed by atoms with van der Waals surface area (Å²) in [6, 6.07) is 52.9. The van der Waals surface area contributed by atoms with Gasteiger partial charge in [-0.05, 0) is 91.7 Å². The second kappa shape index (κ2) is 10.5. The lowest BCUT2D eigenvalue weighted by Gasteiger charge is -2.19. The molecule has 0 bridgehead atoms. The zero-order valence-corrected chi connectivity index (χ0v) is 24.8. The SMILES string of the molecule is C1=Cc2nc(-c3ccccc3)n(-c3ccc(-c4c5ccccc5c(-c5ccc6ccccc6c5)c5ccccc45)cc3)c2CC1. The van der Waals surface area contributed by atoms with Gasteiger partial charge in [0.25, 0.3) is 0 Å². The van der Waals surface area contributed by atoms with Gasteiger partial charge in [0.1, 0.15) is 5.82 Å². The number of hydrogen-bond donors (Lipinski definition) is 0. The van der Waals surface area contributed by atoms with Gasteiger partial charge >= 0.3 is 0 Å². The Morgan fingerprint density at radius 2 is 1.07 bits per heavy atom. The van der Waals surface area contributed by atoms with Gasteiger partial charge in [0.2, 0.25) is 0 Å². The number of aromatic nitrogens is 2. The maximum Gasteiger partial charge on any atom is 0.145 e. The molecule has 7 aromatic carbocycles. The normalized spacial score (nSPS) is 12.6. The molecule has 0 unspecified atom stereocenters. The molecule has 0 saturated carbocycles. The third-order valence-electron chi connectivity index (χ3n) is 9.24. The van der Waals surface area contributed by atoms with Crippen LogP contribution in [0.15, 0.2) is 152 Å². The summed E-state index contributed by atoms with van der Waals surface area (Å²) in [6.45, 7) is 0. The van der Waals surface area contributed by atoms with Crippen LogP contribution in [-0.4, -0.2) is 9.55 Å². The summed E-state index contributed by atoms with van der Waals surface area (Å²) >= 11 is 0. The van der Waals surface area contributed by atoms with Crippen molar-refractivity contribution in [2.75, 3.05) is 0 Å². The summed E-state index contributed by atoms with van der Waals surface area (Å²) in [5.41, 5.74) is 9.65. The average Bonchev–Trinajstić information content (AvgIpc) is 3.51. The van der Waals surface area contributed by atoms with E-state index in [9.17, 15) is 0 Å². The van der Waals surface area contributed by atoms with Crippen molar-refractivity contribution >= 4 is 38.4 Å². The van der Waals surface area contributed by atoms with Crippen molar-refractivity contribution in [1.29, 1.82) is 0 Å². The summed E-state index contributed by atoms with van der Waals surface area (Å²) < 4.78 is 2.36. The summed E-state index contributed by atoms with van der Waals surface area (Å²) in [6.07, 6.45) is 6.42. The number of benzene rings is 7. The van der Waals surface area contributed by atoms with Crippen molar-refractivity contribution in [2.45, 2.75) is 12.8 Å². The first kappa shape index (κ1) is 25.7. The number of rotatable bonds is 4. The number of nitrogens with zero attached hydrogens (tertiary/aromatic N) is 2. The Morgan fingerprint density at radius 3 is 1.76 bits per heavy atom. The second-order valence-corrected chi connectivity index (χ2v) is 11.9. The number of hydrogen-bond acceptors (Lipinski definition) is 1. The number of allylic oxidation sites excluding steroid dienone is 1. The molecule has 8 aromatic rings. The van der Waals surface area contributed by atoms with E-state index in [0.717, 1.165) is 35.6 Å². The maximum absolute atomic E-state index is 5.09. The first-order valence-corrected chi connectivity index (χ1v) is 15.7. The molecule has 0 N–H and O–H groups in total. The van der Waals surface area contributed by atoms with Gasteiger partial charge in [-0.25, -0.2) is 4.98 Å². The van der Waals surface area contributed by atoms with E-state index in [2.05, 4.69) is 162 Å². The van der Waals surface area contributed by atoms with Gasteiger partial charge in [0.15, 0.2) is 0 Å². The Morgan fingerprint density at radius 1 is 0.489 bits per heavy atom. The van der Waals surface area contributed by atoms with Crippen LogP contribution in [0.1, 0.15) is 17.8 Å². The number of imidazole rings is 1. The van der Waals surface area contributed by atoms with Crippen molar-refractivity contribution < 1.29 is 0 Å². The molecule has 0 spiro atoms. The molecule has 0 fully saturated rings. The van der Waals surface area contributed by atoms with E-state index >= 15 is 0 Å². The lowest BCUT2D eigenvalue weighted by molar-refractivity contribution is 0.878. The van der Waals surface area contributed by atoms with Crippen molar-refractivity contribution in [3.63, 3.8) is 0 Å². The molecule has 0 amide bonds. The zero-order valence-electron chi connectivity index (χ0n) is 24.8. The Balaban J connectivity index is 1.24. The lowest BCUT2D eigenvalue weighted by Crippen LogP contribution is -2.04. The van der Waals surface area contributed by atoms with Crippen LogP contribution >= 0.6 is 0 Å². The second-order valence-electron chi connectivity index (χ2n) is 11.9. The fraction of sp³-hybridized carbons (Fsp3) is 0.0465. The fourth-order valence-corrected chi connectivity index (χ4v) is 7.19. The molecule has 0 atom stereocenters. The molecule has 2 nitrogen and oxygen atoms in total. The van der Waals surface area contributed by atoms with E-state index in [1.165, 1.54) is 60.3 Å². The molecule has 0 aliphatic heterocycles. The van der Waals surface area contributed by atoms with E-state index in [1.807, 2.05) is 0 Å². The average molecular weight is 575 g/mol. The standard InChI is InChI=1S/C43H30N2/c1-2-13-31(14-3-1)43-44-39-20-10-11-21-40(39)45(43)34-26-24-30(25-27-34)41-35-16-6-8-18-37(35)42(38-19-9-7-17-36(38)41)33-23-22-29-12-4-5-15-32(29)28-33/h1-10,12-20,22-28H,11,21H2. The monoisotopic (exact) mass is 574 g/mol. The van der Waals surface area contributed by atoms with Crippen LogP contribution in [0.2, 0.25) is 0 Å². The summed E-state index contributed by atoms with van der Waals surface area (Å²) in [5.74, 6) is 0.996. The van der Waals surface area contributed by atoms with Gasteiger partial charge in [-0.3, -0.25) is 4.57 Å². The number of fused-ring (bicyclic) bond motifs is 4. The molecular weight excluding hydrogens is 544 g/mol. The van der Waals surface area contributed by atoms with E-state index in [4.69, 9.17) is 4.98 Å². The highest BCUT2D eigenvalue weighted by molar-refractivity contribution is 6.21. The third kappa shape index (κ3) is 4.22. The molecule has 9 rings (SSSR count). The Labute approximate surface area is 262 Å². The Hall–Kier alpha value is -5.73. The van der Waals surface area contributed by atoms with E-state index in [1.54, 1.807) is 0 Å². The van der Waals surface area contributed by atoms with E-state index in [0.29, 0.717) is 0 Å². The Kier molecular flexibility index (Phi) is 5.99. The van der Waals surface area contributed by atoms with Crippen LogP contribution < -0.4 is 0 Å². The molecule has 212 valence electrons. The maximum atomic E-state index is 5.09. The first-order valence-electron chi connectivity index (χ1n) is 15.7. The summed E-state index contributed by atoms with van der Waals surface area (Å²) in [5, 5.41) is 7.59. The first-order chi connectivity index (χ1) is 22.3. The van der Waals surface area contributed by atoms with E-state index < -0.39 is 0 Å². The molecule has 0 saturated heterocycles. The third-order valence-corrected chi connectivity index (χ3v) is 9.24. The summed E-state index contributed by atoms with van der Waals surface area (Å²) in [4.78, 5) is 5.09. The highest BCUT2D eigenvalue weighted by Gasteiger charge is 2.21. The molecule has 0 radical (unpaired) electrons. The van der Waals surface area contributed by atoms with Gasteiger partial charge in [-0.2, -0.15) is 0 Å². The molecule has 1 aliphatic rings. The summed E-state index contributed by atoms with van der Waals surface area (Å²) in [7, 11) is 0. The van der Waals surface area contributed by atoms with Crippen LogP contribution in [0.3, 0.4) is 0 Å². The van der Waals surface area contributed by atoms with Crippen molar-refractivity contribution in [3.8, 4) is 39.3 Å². The highest BCUT2D eigenvalue weighted by Crippen LogP contribution is 2.44. The van der Waals surface area contributed by atoms with Crippen LogP contribution in [0, 0.1) is 0 Å². The molecular formula is C43H30N2. The van der Waals surface area contributed by atoms with Gasteiger partial charge in [0.05, 0.1) is 11.4 Å². The Bertz CT molecular complexity index is 2350. The van der Waals surface area contributed by atoms with Crippen molar-refractivity contribution in [2.24, 2.45) is 0 Å². The van der Waals surface area contributed by atoms with Crippen LogP contribution in [-0.2, 0) is 6.42 Å². The lowest BCUT2D eigenvalue weighted by atomic mass is 9.85. The smallest absolute Gasteiger partial charge is 0.145 e. The van der Waals surface area contributed by atoms with E-state index in [-0.39, 0.29) is 0 Å². The van der Waals surface area contributed by atoms with Gasteiger partial charge < -0.3 is 0 Å². The minimum Gasteiger partial charge on any atom is -0.296 e. The van der Waals surface area contributed by atoms with Crippen molar-refractivity contribution in [3.05, 3.63) is 163 Å². The predicted molar refractivity (Wildman–Crippen MR) is 190 cm³/mol. The van der Waals surface area contributed by atoms with Gasteiger partial charge in [-0.15, -0.1) is 0 Å². The van der Waals surface area contributed by atoms with Crippen LogP contribution in [0.4, 0.5) is 0 Å². The van der Waals surface area contributed by atoms with Crippen molar-refractivity contribution in [1.82, 2.24) is 9.55 Å². The molecule has 1 aromatic heterocycles.